The molecule has 1 aromatic carbocycles. The van der Waals surface area contributed by atoms with E-state index in [1.807, 2.05) is 11.3 Å². The van der Waals surface area contributed by atoms with Crippen LogP contribution in [0.15, 0.2) is 30.3 Å². The van der Waals surface area contributed by atoms with E-state index in [-0.39, 0.29) is 0 Å². The lowest BCUT2D eigenvalue weighted by Crippen LogP contribution is -2.16. The molecule has 1 atom stereocenters. The molecule has 1 nitrogen and oxygen atoms in total. The highest BCUT2D eigenvalue weighted by atomic mass is 32.2. The van der Waals surface area contributed by atoms with Gasteiger partial charge in [-0.2, -0.15) is 11.8 Å². The van der Waals surface area contributed by atoms with Crippen molar-refractivity contribution >= 4 is 23.1 Å². The zero-order valence-corrected chi connectivity index (χ0v) is 14.4. The number of aryl methyl sites for hydroxylation is 2. The van der Waals surface area contributed by atoms with E-state index in [2.05, 4.69) is 61.4 Å². The van der Waals surface area contributed by atoms with Gasteiger partial charge in [0.2, 0.25) is 0 Å². The van der Waals surface area contributed by atoms with Crippen LogP contribution in [-0.4, -0.2) is 12.8 Å². The van der Waals surface area contributed by atoms with Gasteiger partial charge in [-0.3, -0.25) is 0 Å². The highest BCUT2D eigenvalue weighted by Crippen LogP contribution is 2.36. The van der Waals surface area contributed by atoms with Gasteiger partial charge in [0.25, 0.3) is 0 Å². The van der Waals surface area contributed by atoms with E-state index < -0.39 is 0 Å². The van der Waals surface area contributed by atoms with E-state index in [9.17, 15) is 0 Å². The van der Waals surface area contributed by atoms with Gasteiger partial charge in [-0.25, -0.2) is 0 Å². The van der Waals surface area contributed by atoms with Crippen LogP contribution >= 0.6 is 23.1 Å². The van der Waals surface area contributed by atoms with Crippen LogP contribution in [0.5, 0.6) is 0 Å². The zero-order valence-electron chi connectivity index (χ0n) is 12.8. The predicted molar refractivity (Wildman–Crippen MR) is 95.5 cm³/mol. The molecule has 2 heterocycles. The minimum absolute atomic E-state index is 0.336. The second kappa shape index (κ2) is 6.99. The van der Waals surface area contributed by atoms with Crippen LogP contribution in [0.2, 0.25) is 0 Å². The summed E-state index contributed by atoms with van der Waals surface area (Å²) in [6.45, 7) is 2.24. The van der Waals surface area contributed by atoms with Crippen LogP contribution in [0.4, 0.5) is 0 Å². The molecule has 3 rings (SSSR count). The van der Waals surface area contributed by atoms with Gasteiger partial charge >= 0.3 is 0 Å². The molecule has 112 valence electrons. The molecule has 0 fully saturated rings. The third kappa shape index (κ3) is 3.36. The molecule has 1 aliphatic heterocycles. The lowest BCUT2D eigenvalue weighted by atomic mass is 10.0. The maximum absolute atomic E-state index is 3.52. The minimum atomic E-state index is 0.336. The average Bonchev–Trinajstić information content (AvgIpc) is 2.92. The van der Waals surface area contributed by atoms with Gasteiger partial charge in [-0.15, -0.1) is 11.3 Å². The summed E-state index contributed by atoms with van der Waals surface area (Å²) in [5.41, 5.74) is 4.41. The smallest absolute Gasteiger partial charge is 0.0668 e. The van der Waals surface area contributed by atoms with Gasteiger partial charge in [0.15, 0.2) is 0 Å². The second-order valence-electron chi connectivity index (χ2n) is 5.62. The van der Waals surface area contributed by atoms with Crippen LogP contribution in [0.25, 0.3) is 0 Å². The Balaban J connectivity index is 1.90. The van der Waals surface area contributed by atoms with E-state index in [0.29, 0.717) is 6.04 Å². The van der Waals surface area contributed by atoms with Gasteiger partial charge < -0.3 is 5.32 Å². The Morgan fingerprint density at radius 2 is 2.19 bits per heavy atom. The summed E-state index contributed by atoms with van der Waals surface area (Å²) < 4.78 is 0. The highest BCUT2D eigenvalue weighted by molar-refractivity contribution is 7.98. The highest BCUT2D eigenvalue weighted by Gasteiger charge is 2.19. The molecule has 0 bridgehead atoms. The van der Waals surface area contributed by atoms with E-state index in [1.54, 1.807) is 10.4 Å². The lowest BCUT2D eigenvalue weighted by molar-refractivity contribution is 0.702. The Morgan fingerprint density at radius 1 is 1.29 bits per heavy atom. The molecule has 0 spiro atoms. The zero-order chi connectivity index (χ0) is 14.7. The van der Waals surface area contributed by atoms with Crippen molar-refractivity contribution in [3.63, 3.8) is 0 Å². The maximum Gasteiger partial charge on any atom is 0.0668 e. The largest absolute Gasteiger partial charge is 0.309 e. The van der Waals surface area contributed by atoms with Gasteiger partial charge in [-0.05, 0) is 48.4 Å². The first-order chi connectivity index (χ1) is 10.3. The fourth-order valence-electron chi connectivity index (χ4n) is 3.00. The van der Waals surface area contributed by atoms with Crippen molar-refractivity contribution < 1.29 is 0 Å². The molecular formula is C18H23NS2. The van der Waals surface area contributed by atoms with Gasteiger partial charge in [0.1, 0.15) is 0 Å². The topological polar surface area (TPSA) is 12.0 Å². The number of hydrogen-bond acceptors (Lipinski definition) is 3. The molecule has 3 heteroatoms. The van der Waals surface area contributed by atoms with Crippen molar-refractivity contribution in [2.75, 3.05) is 12.8 Å². The summed E-state index contributed by atoms with van der Waals surface area (Å²) in [6, 6.07) is 11.8. The third-order valence-electron chi connectivity index (χ3n) is 4.04. The molecule has 0 aliphatic carbocycles. The SMILES string of the molecule is CCCc1cccc(C(NC)c2cc3c(s2)CCSC3)c1. The quantitative estimate of drug-likeness (QED) is 0.850. The maximum atomic E-state index is 3.52. The van der Waals surface area contributed by atoms with Crippen molar-refractivity contribution in [1.82, 2.24) is 5.32 Å². The first-order valence-corrected chi connectivity index (χ1v) is 9.74. The van der Waals surface area contributed by atoms with Crippen LogP contribution in [0.3, 0.4) is 0 Å². The number of nitrogens with one attached hydrogen (secondary N) is 1. The number of thiophene rings is 1. The summed E-state index contributed by atoms with van der Waals surface area (Å²) in [7, 11) is 2.07. The monoisotopic (exact) mass is 317 g/mol. The first-order valence-electron chi connectivity index (χ1n) is 7.77. The molecule has 0 radical (unpaired) electrons. The van der Waals surface area contributed by atoms with E-state index in [0.717, 1.165) is 0 Å². The predicted octanol–water partition coefficient (Wildman–Crippen LogP) is 4.80. The van der Waals surface area contributed by atoms with E-state index in [4.69, 9.17) is 0 Å². The summed E-state index contributed by atoms with van der Waals surface area (Å²) in [6.07, 6.45) is 3.62. The number of fused-ring (bicyclic) bond motifs is 1. The normalized spacial score (nSPS) is 15.7. The summed E-state index contributed by atoms with van der Waals surface area (Å²) in [5.74, 6) is 2.47. The third-order valence-corrected chi connectivity index (χ3v) is 6.35. The van der Waals surface area contributed by atoms with E-state index >= 15 is 0 Å². The Bertz CT molecular complexity index is 580. The Morgan fingerprint density at radius 3 is 2.95 bits per heavy atom. The van der Waals surface area contributed by atoms with Gasteiger partial charge in [0.05, 0.1) is 6.04 Å². The standard InChI is InChI=1S/C18H23NS2/c1-3-5-13-6-4-7-14(10-13)18(19-2)17-11-15-12-20-9-8-16(15)21-17/h4,6-7,10-11,18-19H,3,5,8-9,12H2,1-2H3. The van der Waals surface area contributed by atoms with Crippen LogP contribution in [0.1, 0.15) is 45.8 Å². The Hall–Kier alpha value is -0.770. The van der Waals surface area contributed by atoms with Crippen molar-refractivity contribution in [1.29, 1.82) is 0 Å². The molecule has 0 amide bonds. The molecule has 1 N–H and O–H groups in total. The number of hydrogen-bond donors (Lipinski definition) is 1. The second-order valence-corrected chi connectivity index (χ2v) is 7.89. The van der Waals surface area contributed by atoms with Gasteiger partial charge in [-0.1, -0.05) is 37.6 Å². The summed E-state index contributed by atoms with van der Waals surface area (Å²) >= 11 is 4.07. The van der Waals surface area contributed by atoms with Crippen molar-refractivity contribution in [2.45, 2.75) is 38.0 Å². The van der Waals surface area contributed by atoms with Crippen LogP contribution in [0, 0.1) is 0 Å². The fourth-order valence-corrected chi connectivity index (χ4v) is 5.52. The van der Waals surface area contributed by atoms with Crippen LogP contribution < -0.4 is 5.32 Å². The average molecular weight is 318 g/mol. The number of benzene rings is 1. The Kier molecular flexibility index (Phi) is 5.04. The summed E-state index contributed by atoms with van der Waals surface area (Å²) in [5, 5.41) is 3.52. The first kappa shape index (κ1) is 15.1. The van der Waals surface area contributed by atoms with Gasteiger partial charge in [0, 0.05) is 15.5 Å². The van der Waals surface area contributed by atoms with Crippen molar-refractivity contribution in [3.8, 4) is 0 Å². The summed E-state index contributed by atoms with van der Waals surface area (Å²) in [4.78, 5) is 3.08. The molecule has 1 unspecified atom stereocenters. The molecular weight excluding hydrogens is 294 g/mol. The lowest BCUT2D eigenvalue weighted by Gasteiger charge is -2.16. The fraction of sp³-hybridized carbons (Fsp3) is 0.444. The molecule has 0 saturated heterocycles. The molecule has 1 aliphatic rings. The molecule has 0 saturated carbocycles. The number of rotatable bonds is 5. The minimum Gasteiger partial charge on any atom is -0.309 e. The Labute approximate surface area is 136 Å². The number of thioether (sulfide) groups is 1. The molecule has 2 aromatic rings. The molecule has 21 heavy (non-hydrogen) atoms. The van der Waals surface area contributed by atoms with E-state index in [1.165, 1.54) is 46.8 Å². The van der Waals surface area contributed by atoms with Crippen molar-refractivity contribution in [3.05, 3.63) is 56.8 Å². The molecule has 1 aromatic heterocycles. The van der Waals surface area contributed by atoms with Crippen LogP contribution in [-0.2, 0) is 18.6 Å². The van der Waals surface area contributed by atoms with Crippen molar-refractivity contribution in [2.24, 2.45) is 0 Å².